The van der Waals surface area contributed by atoms with Crippen molar-refractivity contribution in [2.75, 3.05) is 5.73 Å². The summed E-state index contributed by atoms with van der Waals surface area (Å²) in [5, 5.41) is 9.31. The maximum absolute atomic E-state index is 12.9. The second-order valence-electron chi connectivity index (χ2n) is 5.72. The van der Waals surface area contributed by atoms with Crippen LogP contribution in [0.4, 0.5) is 19.0 Å². The Morgan fingerprint density at radius 2 is 2.04 bits per heavy atom. The van der Waals surface area contributed by atoms with Crippen molar-refractivity contribution in [2.24, 2.45) is 0 Å². The number of rotatable bonds is 3. The lowest BCUT2D eigenvalue weighted by Gasteiger charge is -2.24. The first-order valence-corrected chi connectivity index (χ1v) is 7.47. The summed E-state index contributed by atoms with van der Waals surface area (Å²) in [7, 11) is 0. The van der Waals surface area contributed by atoms with Crippen LogP contribution in [0, 0.1) is 0 Å². The third-order valence-electron chi connectivity index (χ3n) is 4.04. The minimum absolute atomic E-state index is 0.0000474. The van der Waals surface area contributed by atoms with Crippen molar-refractivity contribution in [1.82, 2.24) is 15.5 Å². The molecule has 0 saturated heterocycles. The van der Waals surface area contributed by atoms with Gasteiger partial charge in [0.2, 0.25) is 0 Å². The van der Waals surface area contributed by atoms with Gasteiger partial charge in [-0.1, -0.05) is 43.3 Å². The number of aromatic nitrogens is 2. The molecule has 0 bridgehead atoms. The normalized spacial score (nSPS) is 18.8. The second-order valence-corrected chi connectivity index (χ2v) is 5.72. The molecule has 0 fully saturated rings. The molecule has 7 heteroatoms. The lowest BCUT2D eigenvalue weighted by Crippen LogP contribution is -2.30. The van der Waals surface area contributed by atoms with Crippen molar-refractivity contribution in [1.29, 1.82) is 0 Å². The Balaban J connectivity index is 1.84. The molecule has 0 aliphatic carbocycles. The summed E-state index contributed by atoms with van der Waals surface area (Å²) in [5.41, 5.74) is 7.47. The van der Waals surface area contributed by atoms with Crippen LogP contribution in [0.5, 0.6) is 0 Å². The van der Waals surface area contributed by atoms with Crippen LogP contribution >= 0.6 is 0 Å². The van der Waals surface area contributed by atoms with Crippen LogP contribution in [0.2, 0.25) is 0 Å². The van der Waals surface area contributed by atoms with E-state index in [2.05, 4.69) is 15.5 Å². The fourth-order valence-corrected chi connectivity index (χ4v) is 2.67. The van der Waals surface area contributed by atoms with Crippen molar-refractivity contribution in [3.8, 4) is 0 Å². The molecule has 0 radical (unpaired) electrons. The zero-order chi connectivity index (χ0) is 17.3. The first-order chi connectivity index (χ1) is 11.3. The van der Waals surface area contributed by atoms with Gasteiger partial charge in [-0.2, -0.15) is 18.3 Å². The van der Waals surface area contributed by atoms with Gasteiger partial charge in [0.15, 0.2) is 0 Å². The van der Waals surface area contributed by atoms with E-state index >= 15 is 0 Å². The van der Waals surface area contributed by atoms with Crippen LogP contribution < -0.4 is 11.1 Å². The van der Waals surface area contributed by atoms with Crippen LogP contribution in [0.25, 0.3) is 0 Å². The summed E-state index contributed by atoms with van der Waals surface area (Å²) in [6.45, 7) is 1.98. The Labute approximate surface area is 137 Å². The number of dihydropyridines is 1. The third-order valence-corrected chi connectivity index (χ3v) is 4.04. The summed E-state index contributed by atoms with van der Waals surface area (Å²) in [6.07, 6.45) is -0.222. The lowest BCUT2D eigenvalue weighted by molar-refractivity contribution is -0.0976. The number of nitrogens with one attached hydrogen (secondary N) is 2. The monoisotopic (exact) mass is 334 g/mol. The van der Waals surface area contributed by atoms with E-state index in [0.29, 0.717) is 5.82 Å². The fraction of sp³-hybridized carbons (Fsp3) is 0.235. The number of hydrogen-bond acceptors (Lipinski definition) is 3. The SMILES string of the molecule is CC(c1cccc(C2C=CC=C(C(F)(F)F)N2)c1)c1cc(N)n[nH]1. The van der Waals surface area contributed by atoms with E-state index in [1.807, 2.05) is 25.1 Å². The number of allylic oxidation sites excluding steroid dienone is 3. The minimum atomic E-state index is -4.39. The number of aromatic amines is 1. The molecule has 1 aliphatic rings. The average Bonchev–Trinajstić information content (AvgIpc) is 3.00. The zero-order valence-corrected chi connectivity index (χ0v) is 12.9. The van der Waals surface area contributed by atoms with Crippen LogP contribution in [0.1, 0.15) is 35.7 Å². The molecule has 0 spiro atoms. The molecule has 4 nitrogen and oxygen atoms in total. The molecule has 3 rings (SSSR count). The molecule has 0 saturated carbocycles. The molecular formula is C17H17F3N4. The van der Waals surface area contributed by atoms with Gasteiger partial charge in [-0.15, -0.1) is 0 Å². The molecule has 2 aromatic rings. The summed E-state index contributed by atoms with van der Waals surface area (Å²) < 4.78 is 38.6. The number of anilines is 1. The number of benzene rings is 1. The molecular weight excluding hydrogens is 317 g/mol. The standard InChI is InChI=1S/C17H17F3N4/c1-10(14-9-16(21)24-23-14)11-4-2-5-12(8-11)13-6-3-7-15(22-13)17(18,19)20/h2-10,13,22H,1H3,(H3,21,23,24). The predicted octanol–water partition coefficient (Wildman–Crippen LogP) is 3.79. The van der Waals surface area contributed by atoms with E-state index in [1.165, 1.54) is 6.08 Å². The number of alkyl halides is 3. The molecule has 2 heterocycles. The quantitative estimate of drug-likeness (QED) is 0.800. The van der Waals surface area contributed by atoms with Crippen molar-refractivity contribution in [2.45, 2.75) is 25.1 Å². The van der Waals surface area contributed by atoms with Gasteiger partial charge in [-0.3, -0.25) is 5.10 Å². The molecule has 1 aromatic heterocycles. The summed E-state index contributed by atoms with van der Waals surface area (Å²) in [4.78, 5) is 0. The molecule has 24 heavy (non-hydrogen) atoms. The minimum Gasteiger partial charge on any atom is -0.382 e. The van der Waals surface area contributed by atoms with Gasteiger partial charge in [0.25, 0.3) is 0 Å². The van der Waals surface area contributed by atoms with Gasteiger partial charge in [0.05, 0.1) is 6.04 Å². The molecule has 126 valence electrons. The molecule has 0 amide bonds. The third kappa shape index (κ3) is 3.29. The Morgan fingerprint density at radius 1 is 1.25 bits per heavy atom. The van der Waals surface area contributed by atoms with Gasteiger partial charge >= 0.3 is 6.18 Å². The highest BCUT2D eigenvalue weighted by Crippen LogP contribution is 2.31. The molecule has 2 unspecified atom stereocenters. The van der Waals surface area contributed by atoms with Gasteiger partial charge in [-0.05, 0) is 17.2 Å². The van der Waals surface area contributed by atoms with E-state index in [1.54, 1.807) is 18.2 Å². The van der Waals surface area contributed by atoms with Gasteiger partial charge in [0.1, 0.15) is 11.5 Å². The summed E-state index contributed by atoms with van der Waals surface area (Å²) >= 11 is 0. The Hall–Kier alpha value is -2.70. The Bertz CT molecular complexity index is 789. The molecule has 4 N–H and O–H groups in total. The van der Waals surface area contributed by atoms with Gasteiger partial charge in [-0.25, -0.2) is 0 Å². The van der Waals surface area contributed by atoms with Gasteiger partial charge in [0, 0.05) is 17.7 Å². The van der Waals surface area contributed by atoms with Crippen molar-refractivity contribution in [3.05, 3.63) is 71.1 Å². The largest absolute Gasteiger partial charge is 0.430 e. The summed E-state index contributed by atoms with van der Waals surface area (Å²) in [5.74, 6) is 0.407. The highest BCUT2D eigenvalue weighted by atomic mass is 19.4. The van der Waals surface area contributed by atoms with Crippen LogP contribution in [0.3, 0.4) is 0 Å². The van der Waals surface area contributed by atoms with E-state index in [-0.39, 0.29) is 5.92 Å². The number of nitrogens with two attached hydrogens (primary N) is 1. The number of nitrogen functional groups attached to an aromatic ring is 1. The lowest BCUT2D eigenvalue weighted by atomic mass is 9.93. The van der Waals surface area contributed by atoms with Crippen molar-refractivity contribution >= 4 is 5.82 Å². The van der Waals surface area contributed by atoms with E-state index < -0.39 is 17.9 Å². The molecule has 2 atom stereocenters. The Kier molecular flexibility index (Phi) is 4.09. The molecule has 1 aromatic carbocycles. The number of H-pyrrole nitrogens is 1. The van der Waals surface area contributed by atoms with E-state index in [9.17, 15) is 13.2 Å². The van der Waals surface area contributed by atoms with Crippen LogP contribution in [0.15, 0.2) is 54.3 Å². The second kappa shape index (κ2) is 6.07. The molecule has 1 aliphatic heterocycles. The summed E-state index contributed by atoms with van der Waals surface area (Å²) in [6, 6.07) is 8.69. The number of hydrogen-bond donors (Lipinski definition) is 3. The van der Waals surface area contributed by atoms with E-state index in [4.69, 9.17) is 5.73 Å². The number of nitrogens with zero attached hydrogens (tertiary/aromatic N) is 1. The van der Waals surface area contributed by atoms with Crippen molar-refractivity contribution in [3.63, 3.8) is 0 Å². The highest BCUT2D eigenvalue weighted by Gasteiger charge is 2.35. The van der Waals surface area contributed by atoms with Crippen LogP contribution in [-0.4, -0.2) is 16.4 Å². The first-order valence-electron chi connectivity index (χ1n) is 7.47. The highest BCUT2D eigenvalue weighted by molar-refractivity contribution is 5.39. The van der Waals surface area contributed by atoms with Gasteiger partial charge < -0.3 is 11.1 Å². The average molecular weight is 334 g/mol. The maximum Gasteiger partial charge on any atom is 0.430 e. The predicted molar refractivity (Wildman–Crippen MR) is 86.1 cm³/mol. The smallest absolute Gasteiger partial charge is 0.382 e. The zero-order valence-electron chi connectivity index (χ0n) is 12.9. The van der Waals surface area contributed by atoms with Crippen LogP contribution in [-0.2, 0) is 0 Å². The fourth-order valence-electron chi connectivity index (χ4n) is 2.67. The van der Waals surface area contributed by atoms with E-state index in [0.717, 1.165) is 22.9 Å². The number of halogens is 3. The van der Waals surface area contributed by atoms with Crippen molar-refractivity contribution < 1.29 is 13.2 Å². The first kappa shape index (κ1) is 16.2. The topological polar surface area (TPSA) is 66.7 Å². The Morgan fingerprint density at radius 3 is 2.71 bits per heavy atom. The maximum atomic E-state index is 12.9.